The minimum Gasteiger partial charge on any atom is -0.480 e. The summed E-state index contributed by atoms with van der Waals surface area (Å²) in [7, 11) is 3.10. The van der Waals surface area contributed by atoms with Crippen LogP contribution < -0.4 is 5.84 Å². The average molecular weight is 541 g/mol. The molecular formula is C26H29ClN6O3S. The van der Waals surface area contributed by atoms with Gasteiger partial charge in [0, 0.05) is 35.6 Å². The summed E-state index contributed by atoms with van der Waals surface area (Å²) in [6.07, 6.45) is 7.03. The van der Waals surface area contributed by atoms with E-state index in [4.69, 9.17) is 31.9 Å². The zero-order chi connectivity index (χ0) is 26.8. The summed E-state index contributed by atoms with van der Waals surface area (Å²) < 4.78 is 11.6. The van der Waals surface area contributed by atoms with E-state index in [9.17, 15) is 5.11 Å². The maximum atomic E-state index is 12.4. The fourth-order valence-corrected chi connectivity index (χ4v) is 5.47. The summed E-state index contributed by atoms with van der Waals surface area (Å²) in [5.74, 6) is 6.11. The van der Waals surface area contributed by atoms with Crippen LogP contribution in [0.1, 0.15) is 35.3 Å². The molecule has 11 heteroatoms. The van der Waals surface area contributed by atoms with Crippen LogP contribution in [-0.2, 0) is 21.7 Å². The lowest BCUT2D eigenvalue weighted by atomic mass is 9.68. The lowest BCUT2D eigenvalue weighted by Gasteiger charge is -2.41. The predicted octanol–water partition coefficient (Wildman–Crippen LogP) is 4.30. The van der Waals surface area contributed by atoms with Gasteiger partial charge in [-0.25, -0.2) is 9.98 Å². The third-order valence-corrected chi connectivity index (χ3v) is 7.90. The molecule has 3 heterocycles. The number of aryl methyl sites for hydroxylation is 2. The zero-order valence-corrected chi connectivity index (χ0v) is 22.9. The number of nitrogens with zero attached hydrogens (tertiary/aromatic N) is 5. The fraction of sp³-hybridized carbons (Fsp3) is 0.346. The van der Waals surface area contributed by atoms with Crippen LogP contribution in [0.2, 0.25) is 0 Å². The maximum Gasteiger partial charge on any atom is 0.258 e. The van der Waals surface area contributed by atoms with Crippen molar-refractivity contribution in [2.24, 2.45) is 26.3 Å². The van der Waals surface area contributed by atoms with Crippen LogP contribution in [0.5, 0.6) is 0 Å². The summed E-state index contributed by atoms with van der Waals surface area (Å²) >= 11 is 8.52. The number of dihydropyridines is 1. The molecular weight excluding hydrogens is 512 g/mol. The van der Waals surface area contributed by atoms with Crippen LogP contribution in [-0.4, -0.2) is 47.1 Å². The lowest BCUT2D eigenvalue weighted by molar-refractivity contribution is 0.140. The Labute approximate surface area is 224 Å². The van der Waals surface area contributed by atoms with Crippen LogP contribution >= 0.6 is 22.9 Å². The number of halogens is 1. The van der Waals surface area contributed by atoms with Crippen LogP contribution in [0.25, 0.3) is 0 Å². The number of methoxy groups -OCH3 is 1. The standard InChI is InChI=1S/C26H29ClN6O3S/c1-15-6-8-18(16(2)32-15)26(34,20(29-4)13-31-28)17-7-9-19-25(3,12-17)23(27)22(24(33-19)35-5)36-14-21-30-10-11-37-21/h6-11,13,34H,12,14,28H2,1-5H3. The zero-order valence-electron chi connectivity index (χ0n) is 21.3. The first-order valence-electron chi connectivity index (χ1n) is 11.5. The van der Waals surface area contributed by atoms with Gasteiger partial charge in [0.2, 0.25) is 0 Å². The average Bonchev–Trinajstić information content (AvgIpc) is 3.40. The van der Waals surface area contributed by atoms with E-state index in [2.05, 4.69) is 20.1 Å². The van der Waals surface area contributed by atoms with Crippen molar-refractivity contribution in [2.75, 3.05) is 14.2 Å². The molecule has 1 aliphatic heterocycles. The molecule has 0 amide bonds. The van der Waals surface area contributed by atoms with E-state index in [-0.39, 0.29) is 18.2 Å². The van der Waals surface area contributed by atoms with Gasteiger partial charge >= 0.3 is 0 Å². The number of hydrogen-bond acceptors (Lipinski definition) is 10. The SMILES string of the molecule is CN=C(C=NN)C(O)(C1=CC=C2N=C(OC)C(OCc3nccs3)=C(Cl)C2(C)C1)c1ccc(C)nc1C. The number of hydrogen-bond donors (Lipinski definition) is 2. The molecule has 9 nitrogen and oxygen atoms in total. The number of hydrazone groups is 1. The topological polar surface area (TPSA) is 128 Å². The molecule has 37 heavy (non-hydrogen) atoms. The van der Waals surface area contributed by atoms with Gasteiger partial charge in [-0.1, -0.05) is 23.7 Å². The molecule has 2 atom stereocenters. The highest BCUT2D eigenvalue weighted by molar-refractivity contribution is 7.09. The first-order chi connectivity index (χ1) is 17.7. The maximum absolute atomic E-state index is 12.4. The van der Waals surface area contributed by atoms with Crippen molar-refractivity contribution in [3.63, 3.8) is 0 Å². The van der Waals surface area contributed by atoms with E-state index in [1.54, 1.807) is 13.2 Å². The Morgan fingerprint density at radius 1 is 1.35 bits per heavy atom. The Morgan fingerprint density at radius 3 is 2.76 bits per heavy atom. The van der Waals surface area contributed by atoms with Gasteiger partial charge in [-0.05, 0) is 44.9 Å². The molecule has 0 bridgehead atoms. The quantitative estimate of drug-likeness (QED) is 0.306. The number of nitrogens with two attached hydrogens (primary N) is 1. The molecule has 0 fully saturated rings. The molecule has 0 aromatic carbocycles. The first-order valence-corrected chi connectivity index (χ1v) is 12.8. The molecule has 2 aromatic heterocycles. The van der Waals surface area contributed by atoms with Crippen molar-refractivity contribution in [3.8, 4) is 0 Å². The van der Waals surface area contributed by atoms with Gasteiger partial charge in [0.25, 0.3) is 5.90 Å². The number of fused-ring (bicyclic) bond motifs is 1. The number of thiazole rings is 1. The van der Waals surface area contributed by atoms with Gasteiger partial charge in [0.15, 0.2) is 11.4 Å². The molecule has 0 spiro atoms. The van der Waals surface area contributed by atoms with E-state index in [0.29, 0.717) is 39.7 Å². The van der Waals surface area contributed by atoms with Crippen LogP contribution in [0, 0.1) is 19.3 Å². The van der Waals surface area contributed by atoms with E-state index < -0.39 is 11.0 Å². The molecule has 194 valence electrons. The lowest BCUT2D eigenvalue weighted by Crippen LogP contribution is -2.43. The normalized spacial score (nSPS) is 21.7. The predicted molar refractivity (Wildman–Crippen MR) is 147 cm³/mol. The molecule has 0 radical (unpaired) electrons. The fourth-order valence-electron chi connectivity index (χ4n) is 4.65. The summed E-state index contributed by atoms with van der Waals surface area (Å²) in [6.45, 7) is 5.92. The number of aliphatic hydroxyl groups is 1. The van der Waals surface area contributed by atoms with Crippen molar-refractivity contribution >= 4 is 40.8 Å². The Balaban J connectivity index is 1.83. The molecule has 2 aromatic rings. The minimum atomic E-state index is -1.67. The molecule has 2 unspecified atom stereocenters. The van der Waals surface area contributed by atoms with Crippen LogP contribution in [0.4, 0.5) is 0 Å². The van der Waals surface area contributed by atoms with E-state index in [0.717, 1.165) is 10.7 Å². The number of allylic oxidation sites excluding steroid dienone is 3. The molecule has 1 aliphatic carbocycles. The third-order valence-electron chi connectivity index (χ3n) is 6.56. The smallest absolute Gasteiger partial charge is 0.258 e. The summed E-state index contributed by atoms with van der Waals surface area (Å²) in [5.41, 5.74) is 1.16. The minimum absolute atomic E-state index is 0.223. The second-order valence-corrected chi connectivity index (χ2v) is 10.3. The van der Waals surface area contributed by atoms with Crippen molar-refractivity contribution in [2.45, 2.75) is 39.4 Å². The van der Waals surface area contributed by atoms with Gasteiger partial charge in [-0.3, -0.25) is 9.98 Å². The Morgan fingerprint density at radius 2 is 2.14 bits per heavy atom. The van der Waals surface area contributed by atoms with Gasteiger partial charge in [-0.2, -0.15) is 5.10 Å². The third kappa shape index (κ3) is 4.72. The van der Waals surface area contributed by atoms with E-state index >= 15 is 0 Å². The van der Waals surface area contributed by atoms with Gasteiger partial charge in [0.1, 0.15) is 11.6 Å². The van der Waals surface area contributed by atoms with Crippen LogP contribution in [0.15, 0.2) is 73.0 Å². The van der Waals surface area contributed by atoms with Gasteiger partial charge < -0.3 is 20.4 Å². The highest BCUT2D eigenvalue weighted by Gasteiger charge is 2.49. The summed E-state index contributed by atoms with van der Waals surface area (Å²) in [6, 6.07) is 3.69. The van der Waals surface area contributed by atoms with E-state index in [1.165, 1.54) is 24.7 Å². The monoisotopic (exact) mass is 540 g/mol. The number of aromatic nitrogens is 2. The molecule has 0 saturated carbocycles. The number of aliphatic imine (C=N–C) groups is 2. The Hall–Kier alpha value is -3.34. The van der Waals surface area contributed by atoms with Crippen molar-refractivity contribution in [1.29, 1.82) is 0 Å². The number of pyridine rings is 1. The highest BCUT2D eigenvalue weighted by Crippen LogP contribution is 2.53. The first kappa shape index (κ1) is 26.7. The van der Waals surface area contributed by atoms with Crippen LogP contribution in [0.3, 0.4) is 0 Å². The van der Waals surface area contributed by atoms with Gasteiger partial charge in [0.05, 0.1) is 35.2 Å². The second-order valence-electron chi connectivity index (χ2n) is 8.91. The van der Waals surface area contributed by atoms with E-state index in [1.807, 2.05) is 50.4 Å². The molecule has 2 aliphatic rings. The molecule has 0 saturated heterocycles. The van der Waals surface area contributed by atoms with Crippen molar-refractivity contribution in [3.05, 3.63) is 79.9 Å². The summed E-state index contributed by atoms with van der Waals surface area (Å²) in [5, 5.41) is 19.1. The Bertz CT molecular complexity index is 1380. The molecule has 4 rings (SSSR count). The molecule has 3 N–H and O–H groups in total. The Kier molecular flexibility index (Phi) is 7.63. The largest absolute Gasteiger partial charge is 0.480 e. The number of rotatable bonds is 7. The highest BCUT2D eigenvalue weighted by atomic mass is 35.5. The second kappa shape index (κ2) is 10.6. The summed E-state index contributed by atoms with van der Waals surface area (Å²) in [4.78, 5) is 17.9. The van der Waals surface area contributed by atoms with Crippen molar-refractivity contribution in [1.82, 2.24) is 9.97 Å². The number of ether oxygens (including phenoxy) is 2. The van der Waals surface area contributed by atoms with Crippen molar-refractivity contribution < 1.29 is 14.6 Å². The van der Waals surface area contributed by atoms with Gasteiger partial charge in [-0.15, -0.1) is 11.3 Å².